The van der Waals surface area contributed by atoms with E-state index < -0.39 is 6.04 Å². The molecule has 1 unspecified atom stereocenters. The highest BCUT2D eigenvalue weighted by molar-refractivity contribution is 6.13. The average Bonchev–Trinajstić information content (AvgIpc) is 3.07. The summed E-state index contributed by atoms with van der Waals surface area (Å²) >= 11 is 0. The molecule has 4 nitrogen and oxygen atoms in total. The Bertz CT molecular complexity index is 1080. The van der Waals surface area contributed by atoms with Gasteiger partial charge in [0.2, 0.25) is 0 Å². The van der Waals surface area contributed by atoms with Gasteiger partial charge in [0.25, 0.3) is 5.91 Å². The van der Waals surface area contributed by atoms with Crippen molar-refractivity contribution in [1.82, 2.24) is 5.32 Å². The Hall–Kier alpha value is -3.40. The van der Waals surface area contributed by atoms with Crippen LogP contribution < -0.4 is 5.32 Å². The SMILES string of the molecule is O=CC(Cc1ccccc1)NC(=O)c1cccc2c1oc1ccccc12. The van der Waals surface area contributed by atoms with Gasteiger partial charge in [-0.15, -0.1) is 0 Å². The molecule has 0 saturated heterocycles. The average molecular weight is 343 g/mol. The Labute approximate surface area is 150 Å². The number of furan rings is 1. The third-order valence-corrected chi connectivity index (χ3v) is 4.43. The lowest BCUT2D eigenvalue weighted by atomic mass is 10.1. The minimum atomic E-state index is -0.593. The Kier molecular flexibility index (Phi) is 4.23. The lowest BCUT2D eigenvalue weighted by Crippen LogP contribution is -2.37. The number of nitrogens with one attached hydrogen (secondary N) is 1. The number of fused-ring (bicyclic) bond motifs is 3. The molecule has 0 radical (unpaired) electrons. The lowest BCUT2D eigenvalue weighted by molar-refractivity contribution is -0.109. The number of hydrogen-bond acceptors (Lipinski definition) is 3. The molecule has 0 aliphatic rings. The molecule has 4 heteroatoms. The minimum absolute atomic E-state index is 0.317. The van der Waals surface area contributed by atoms with Crippen LogP contribution in [0.4, 0.5) is 0 Å². The predicted molar refractivity (Wildman–Crippen MR) is 101 cm³/mol. The van der Waals surface area contributed by atoms with Gasteiger partial charge in [0.1, 0.15) is 17.5 Å². The molecule has 1 heterocycles. The van der Waals surface area contributed by atoms with Gasteiger partial charge in [0, 0.05) is 10.8 Å². The molecule has 1 aromatic heterocycles. The van der Waals surface area contributed by atoms with Crippen LogP contribution in [0, 0.1) is 0 Å². The Balaban J connectivity index is 1.64. The molecule has 4 rings (SSSR count). The molecular weight excluding hydrogens is 326 g/mol. The molecule has 0 bridgehead atoms. The van der Waals surface area contributed by atoms with Gasteiger partial charge in [0.15, 0.2) is 0 Å². The van der Waals surface area contributed by atoms with Crippen molar-refractivity contribution in [3.8, 4) is 0 Å². The Morgan fingerprint density at radius 3 is 2.46 bits per heavy atom. The molecule has 0 spiro atoms. The monoisotopic (exact) mass is 343 g/mol. The summed E-state index contributed by atoms with van der Waals surface area (Å²) in [6, 6.07) is 22.2. The predicted octanol–water partition coefficient (Wildman–Crippen LogP) is 4.13. The zero-order chi connectivity index (χ0) is 17.9. The van der Waals surface area contributed by atoms with E-state index in [2.05, 4.69) is 5.32 Å². The van der Waals surface area contributed by atoms with Gasteiger partial charge in [-0.1, -0.05) is 60.7 Å². The summed E-state index contributed by atoms with van der Waals surface area (Å²) in [6.07, 6.45) is 1.22. The van der Waals surface area contributed by atoms with Crippen molar-refractivity contribution >= 4 is 34.1 Å². The van der Waals surface area contributed by atoms with Crippen LogP contribution in [0.2, 0.25) is 0 Å². The fraction of sp³-hybridized carbons (Fsp3) is 0.0909. The molecule has 1 N–H and O–H groups in total. The van der Waals surface area contributed by atoms with E-state index in [-0.39, 0.29) is 5.91 Å². The van der Waals surface area contributed by atoms with Crippen molar-refractivity contribution in [3.05, 3.63) is 83.9 Å². The smallest absolute Gasteiger partial charge is 0.255 e. The van der Waals surface area contributed by atoms with Gasteiger partial charge >= 0.3 is 0 Å². The molecule has 128 valence electrons. The van der Waals surface area contributed by atoms with Crippen LogP contribution in [0.3, 0.4) is 0 Å². The first-order valence-corrected chi connectivity index (χ1v) is 8.46. The van der Waals surface area contributed by atoms with Crippen molar-refractivity contribution in [1.29, 1.82) is 0 Å². The van der Waals surface area contributed by atoms with E-state index >= 15 is 0 Å². The number of rotatable bonds is 5. The van der Waals surface area contributed by atoms with E-state index in [9.17, 15) is 9.59 Å². The second-order valence-electron chi connectivity index (χ2n) is 6.19. The van der Waals surface area contributed by atoms with Crippen LogP contribution in [0.15, 0.2) is 77.2 Å². The van der Waals surface area contributed by atoms with Crippen molar-refractivity contribution in [3.63, 3.8) is 0 Å². The Morgan fingerprint density at radius 1 is 0.923 bits per heavy atom. The van der Waals surface area contributed by atoms with Crippen LogP contribution in [0.1, 0.15) is 15.9 Å². The molecule has 0 saturated carbocycles. The van der Waals surface area contributed by atoms with E-state index in [1.54, 1.807) is 6.07 Å². The molecule has 0 fully saturated rings. The van der Waals surface area contributed by atoms with Crippen LogP contribution in [-0.2, 0) is 11.2 Å². The molecule has 3 aromatic carbocycles. The summed E-state index contributed by atoms with van der Waals surface area (Å²) in [5.41, 5.74) is 2.69. The number of carbonyl (C=O) groups is 2. The molecule has 1 amide bonds. The van der Waals surface area contributed by atoms with E-state index in [0.29, 0.717) is 17.6 Å². The maximum atomic E-state index is 12.8. The molecule has 1 atom stereocenters. The maximum absolute atomic E-state index is 12.8. The summed E-state index contributed by atoms with van der Waals surface area (Å²) in [7, 11) is 0. The molecular formula is C22H17NO3. The third kappa shape index (κ3) is 2.97. The van der Waals surface area contributed by atoms with Crippen LogP contribution in [0.5, 0.6) is 0 Å². The number of amides is 1. The van der Waals surface area contributed by atoms with Crippen molar-refractivity contribution < 1.29 is 14.0 Å². The number of benzene rings is 3. The second-order valence-corrected chi connectivity index (χ2v) is 6.19. The topological polar surface area (TPSA) is 59.3 Å². The van der Waals surface area contributed by atoms with Crippen LogP contribution >= 0.6 is 0 Å². The molecule has 4 aromatic rings. The summed E-state index contributed by atoms with van der Waals surface area (Å²) in [5.74, 6) is -0.317. The third-order valence-electron chi connectivity index (χ3n) is 4.43. The zero-order valence-electron chi connectivity index (χ0n) is 14.0. The van der Waals surface area contributed by atoms with Gasteiger partial charge in [-0.2, -0.15) is 0 Å². The van der Waals surface area contributed by atoms with Gasteiger partial charge in [-0.05, 0) is 24.1 Å². The van der Waals surface area contributed by atoms with Crippen LogP contribution in [0.25, 0.3) is 21.9 Å². The summed E-state index contributed by atoms with van der Waals surface area (Å²) in [5, 5.41) is 4.65. The first-order valence-electron chi connectivity index (χ1n) is 8.46. The number of aldehydes is 1. The number of hydrogen-bond donors (Lipinski definition) is 1. The molecule has 0 aliphatic carbocycles. The maximum Gasteiger partial charge on any atom is 0.255 e. The fourth-order valence-corrected chi connectivity index (χ4v) is 3.17. The molecule has 0 aliphatic heterocycles. The first-order chi connectivity index (χ1) is 12.8. The highest BCUT2D eigenvalue weighted by Crippen LogP contribution is 2.30. The quantitative estimate of drug-likeness (QED) is 0.554. The van der Waals surface area contributed by atoms with Gasteiger partial charge in [-0.3, -0.25) is 4.79 Å². The van der Waals surface area contributed by atoms with Gasteiger partial charge < -0.3 is 14.5 Å². The number of carbonyl (C=O) groups excluding carboxylic acids is 2. The molecule has 26 heavy (non-hydrogen) atoms. The second kappa shape index (κ2) is 6.84. The fourth-order valence-electron chi connectivity index (χ4n) is 3.17. The van der Waals surface area contributed by atoms with E-state index in [4.69, 9.17) is 4.42 Å². The van der Waals surface area contributed by atoms with Gasteiger partial charge in [0.05, 0.1) is 11.6 Å². The minimum Gasteiger partial charge on any atom is -0.455 e. The van der Waals surface area contributed by atoms with E-state index in [0.717, 1.165) is 28.2 Å². The largest absolute Gasteiger partial charge is 0.455 e. The normalized spacial score (nSPS) is 12.2. The van der Waals surface area contributed by atoms with Crippen molar-refractivity contribution in [2.45, 2.75) is 12.5 Å². The van der Waals surface area contributed by atoms with Crippen molar-refractivity contribution in [2.75, 3.05) is 0 Å². The summed E-state index contributed by atoms with van der Waals surface area (Å²) in [4.78, 5) is 24.2. The highest BCUT2D eigenvalue weighted by atomic mass is 16.3. The van der Waals surface area contributed by atoms with Crippen LogP contribution in [-0.4, -0.2) is 18.2 Å². The van der Waals surface area contributed by atoms with E-state index in [1.807, 2.05) is 66.7 Å². The zero-order valence-corrected chi connectivity index (χ0v) is 14.0. The Morgan fingerprint density at radius 2 is 1.65 bits per heavy atom. The standard InChI is InChI=1S/C22H17NO3/c24-14-16(13-15-7-2-1-3-8-15)23-22(25)19-11-6-10-18-17-9-4-5-12-20(17)26-21(18)19/h1-12,14,16H,13H2,(H,23,25). The van der Waals surface area contributed by atoms with Crippen molar-refractivity contribution in [2.24, 2.45) is 0 Å². The van der Waals surface area contributed by atoms with E-state index in [1.165, 1.54) is 0 Å². The number of para-hydroxylation sites is 2. The highest BCUT2D eigenvalue weighted by Gasteiger charge is 2.18. The van der Waals surface area contributed by atoms with Gasteiger partial charge in [-0.25, -0.2) is 0 Å². The lowest BCUT2D eigenvalue weighted by Gasteiger charge is -2.13. The summed E-state index contributed by atoms with van der Waals surface area (Å²) < 4.78 is 5.89. The first kappa shape index (κ1) is 16.1. The summed E-state index contributed by atoms with van der Waals surface area (Å²) in [6.45, 7) is 0.